The molecule has 1 heterocycles. The highest BCUT2D eigenvalue weighted by molar-refractivity contribution is 6.31. The number of imide groups is 1. The van der Waals surface area contributed by atoms with Crippen LogP contribution in [0.3, 0.4) is 0 Å². The van der Waals surface area contributed by atoms with Crippen LogP contribution >= 0.6 is 11.6 Å². The van der Waals surface area contributed by atoms with Gasteiger partial charge in [-0.15, -0.1) is 0 Å². The Kier molecular flexibility index (Phi) is 4.03. The number of benzene rings is 1. The lowest BCUT2D eigenvalue weighted by atomic mass is 9.85. The van der Waals surface area contributed by atoms with Crippen LogP contribution in [-0.2, 0) is 14.4 Å². The Morgan fingerprint density at radius 3 is 2.42 bits per heavy atom. The number of halogens is 1. The maximum Gasteiger partial charge on any atom is 0.244 e. The summed E-state index contributed by atoms with van der Waals surface area (Å²) in [6, 6.07) is 3.32. The van der Waals surface area contributed by atoms with Crippen molar-refractivity contribution in [2.75, 3.05) is 19.0 Å². The van der Waals surface area contributed by atoms with Crippen LogP contribution in [0.1, 0.15) is 12.0 Å². The van der Waals surface area contributed by atoms with Crippen molar-refractivity contribution in [1.82, 2.24) is 4.90 Å². The number of nitrogens with one attached hydrogen (secondary N) is 1. The molecule has 0 unspecified atom stereocenters. The van der Waals surface area contributed by atoms with Crippen LogP contribution < -0.4 is 10.1 Å². The molecule has 3 amide bonds. The Balaban J connectivity index is 1.49. The van der Waals surface area contributed by atoms with Gasteiger partial charge in [-0.1, -0.05) is 23.8 Å². The standard InChI is InChI=1S/C19H19ClN2O4/c1-9-5-13(14(26-2)7-12(9)20)21-15(23)8-22-18(24)16-10-3-4-11(6-10)17(16)19(22)25/h3-5,7,10-11,16-17H,6,8H2,1-2H3,(H,21,23)/t10-,11+,16-,17+. The lowest BCUT2D eigenvalue weighted by Crippen LogP contribution is -2.39. The van der Waals surface area contributed by atoms with Crippen molar-refractivity contribution >= 4 is 35.0 Å². The fourth-order valence-corrected chi connectivity index (χ4v) is 4.54. The molecule has 1 N–H and O–H groups in total. The molecule has 0 spiro atoms. The van der Waals surface area contributed by atoms with Crippen LogP contribution in [0, 0.1) is 30.6 Å². The molecule has 1 saturated carbocycles. The average Bonchev–Trinajstić information content (AvgIpc) is 3.28. The largest absolute Gasteiger partial charge is 0.495 e. The zero-order valence-electron chi connectivity index (χ0n) is 14.5. The van der Waals surface area contributed by atoms with Gasteiger partial charge in [0.15, 0.2) is 0 Å². The number of likely N-dealkylation sites (tertiary alicyclic amines) is 1. The number of aryl methyl sites for hydroxylation is 1. The van der Waals surface area contributed by atoms with Gasteiger partial charge in [-0.05, 0) is 36.8 Å². The van der Waals surface area contributed by atoms with Crippen LogP contribution in [0.5, 0.6) is 5.75 Å². The number of carbonyl (C=O) groups excluding carboxylic acids is 3. The fraction of sp³-hybridized carbons (Fsp3) is 0.421. The van der Waals surface area contributed by atoms with Crippen molar-refractivity contribution in [1.29, 1.82) is 0 Å². The summed E-state index contributed by atoms with van der Waals surface area (Å²) in [5.74, 6) is -0.797. The summed E-state index contributed by atoms with van der Waals surface area (Å²) in [5, 5.41) is 3.25. The fourth-order valence-electron chi connectivity index (χ4n) is 4.38. The molecule has 0 radical (unpaired) electrons. The first-order valence-corrected chi connectivity index (χ1v) is 8.96. The van der Waals surface area contributed by atoms with E-state index in [0.29, 0.717) is 16.5 Å². The van der Waals surface area contributed by atoms with E-state index in [0.717, 1.165) is 16.9 Å². The molecule has 1 aliphatic heterocycles. The third-order valence-electron chi connectivity index (χ3n) is 5.62. The molecule has 7 heteroatoms. The normalized spacial score (nSPS) is 28.7. The number of carbonyl (C=O) groups is 3. The van der Waals surface area contributed by atoms with E-state index in [1.54, 1.807) is 12.1 Å². The number of methoxy groups -OCH3 is 1. The molecule has 4 rings (SSSR count). The number of anilines is 1. The topological polar surface area (TPSA) is 75.7 Å². The van der Waals surface area contributed by atoms with Gasteiger partial charge in [0, 0.05) is 11.1 Å². The molecule has 2 bridgehead atoms. The zero-order valence-corrected chi connectivity index (χ0v) is 15.2. The van der Waals surface area contributed by atoms with Crippen molar-refractivity contribution < 1.29 is 19.1 Å². The number of fused-ring (bicyclic) bond motifs is 5. The van der Waals surface area contributed by atoms with Gasteiger partial charge < -0.3 is 10.1 Å². The van der Waals surface area contributed by atoms with Crippen molar-refractivity contribution in [2.45, 2.75) is 13.3 Å². The molecule has 4 atom stereocenters. The Morgan fingerprint density at radius 1 is 1.23 bits per heavy atom. The van der Waals surface area contributed by atoms with E-state index in [1.807, 2.05) is 19.1 Å². The van der Waals surface area contributed by atoms with Crippen molar-refractivity contribution in [3.8, 4) is 5.75 Å². The van der Waals surface area contributed by atoms with Crippen molar-refractivity contribution in [3.05, 3.63) is 34.9 Å². The van der Waals surface area contributed by atoms with Crippen molar-refractivity contribution in [3.63, 3.8) is 0 Å². The second kappa shape index (κ2) is 6.13. The predicted molar refractivity (Wildman–Crippen MR) is 95.8 cm³/mol. The van der Waals surface area contributed by atoms with Gasteiger partial charge in [0.2, 0.25) is 17.7 Å². The monoisotopic (exact) mass is 374 g/mol. The third-order valence-corrected chi connectivity index (χ3v) is 6.03. The Hall–Kier alpha value is -2.34. The second-order valence-corrected chi connectivity index (χ2v) is 7.52. The first-order chi connectivity index (χ1) is 12.4. The van der Waals surface area contributed by atoms with Crippen LogP contribution in [0.4, 0.5) is 5.69 Å². The molecule has 1 saturated heterocycles. The maximum atomic E-state index is 12.6. The summed E-state index contributed by atoms with van der Waals surface area (Å²) < 4.78 is 5.24. The minimum Gasteiger partial charge on any atom is -0.495 e. The third kappa shape index (κ3) is 2.51. The van der Waals surface area contributed by atoms with Gasteiger partial charge >= 0.3 is 0 Å². The Bertz CT molecular complexity index is 820. The van der Waals surface area contributed by atoms with E-state index >= 15 is 0 Å². The summed E-state index contributed by atoms with van der Waals surface area (Å²) in [5.41, 5.74) is 1.24. The highest BCUT2D eigenvalue weighted by Gasteiger charge is 2.59. The van der Waals surface area contributed by atoms with Gasteiger partial charge in [-0.2, -0.15) is 0 Å². The first kappa shape index (κ1) is 17.1. The molecule has 0 aromatic heterocycles. The minimum absolute atomic E-state index is 0.133. The van der Waals surface area contributed by atoms with Gasteiger partial charge in [-0.25, -0.2) is 0 Å². The van der Waals surface area contributed by atoms with Crippen LogP contribution in [0.15, 0.2) is 24.3 Å². The van der Waals surface area contributed by atoms with Crippen LogP contribution in [0.25, 0.3) is 0 Å². The number of ether oxygens (including phenoxy) is 1. The molecule has 1 aromatic rings. The minimum atomic E-state index is -0.438. The van der Waals surface area contributed by atoms with Gasteiger partial charge in [-0.3, -0.25) is 19.3 Å². The summed E-state index contributed by atoms with van der Waals surface area (Å²) in [7, 11) is 1.48. The summed E-state index contributed by atoms with van der Waals surface area (Å²) in [4.78, 5) is 38.9. The lowest BCUT2D eigenvalue weighted by Gasteiger charge is -2.18. The van der Waals surface area contributed by atoms with Gasteiger partial charge in [0.25, 0.3) is 0 Å². The van der Waals surface area contributed by atoms with E-state index in [9.17, 15) is 14.4 Å². The SMILES string of the molecule is COc1cc(Cl)c(C)cc1NC(=O)CN1C(=O)[C@@H]2[C@H](C1=O)[C@@H]1C=C[C@H]2C1. The summed E-state index contributed by atoms with van der Waals surface area (Å²) in [6.45, 7) is 1.53. The lowest BCUT2D eigenvalue weighted by molar-refractivity contribution is -0.143. The number of hydrogen-bond acceptors (Lipinski definition) is 4. The smallest absolute Gasteiger partial charge is 0.244 e. The average molecular weight is 375 g/mol. The molecule has 26 heavy (non-hydrogen) atoms. The maximum absolute atomic E-state index is 12.6. The molecule has 6 nitrogen and oxygen atoms in total. The van der Waals surface area contributed by atoms with E-state index in [2.05, 4.69) is 5.32 Å². The highest BCUT2D eigenvalue weighted by atomic mass is 35.5. The quantitative estimate of drug-likeness (QED) is 0.648. The Morgan fingerprint density at radius 2 is 1.85 bits per heavy atom. The number of hydrogen-bond donors (Lipinski definition) is 1. The van der Waals surface area contributed by atoms with E-state index in [1.165, 1.54) is 7.11 Å². The molecule has 136 valence electrons. The van der Waals surface area contributed by atoms with Crippen LogP contribution in [0.2, 0.25) is 5.02 Å². The summed E-state index contributed by atoms with van der Waals surface area (Å²) >= 11 is 6.07. The predicted octanol–water partition coefficient (Wildman–Crippen LogP) is 2.40. The van der Waals surface area contributed by atoms with Crippen molar-refractivity contribution in [2.24, 2.45) is 23.7 Å². The molecule has 2 fully saturated rings. The summed E-state index contributed by atoms with van der Waals surface area (Å²) in [6.07, 6.45) is 4.93. The second-order valence-electron chi connectivity index (χ2n) is 7.11. The molecular formula is C19H19ClN2O4. The first-order valence-electron chi connectivity index (χ1n) is 8.58. The van der Waals surface area contributed by atoms with Gasteiger partial charge in [0.1, 0.15) is 12.3 Å². The number of allylic oxidation sites excluding steroid dienone is 2. The number of rotatable bonds is 4. The van der Waals surface area contributed by atoms with E-state index in [4.69, 9.17) is 16.3 Å². The molecular weight excluding hydrogens is 356 g/mol. The highest BCUT2D eigenvalue weighted by Crippen LogP contribution is 2.52. The molecule has 2 aliphatic carbocycles. The zero-order chi connectivity index (χ0) is 18.6. The Labute approximate surface area is 156 Å². The number of amides is 3. The van der Waals surface area contributed by atoms with Gasteiger partial charge in [0.05, 0.1) is 24.6 Å². The van der Waals surface area contributed by atoms with E-state index < -0.39 is 5.91 Å². The number of nitrogens with zero attached hydrogens (tertiary/aromatic N) is 1. The molecule has 1 aromatic carbocycles. The molecule has 3 aliphatic rings. The van der Waals surface area contributed by atoms with Crippen LogP contribution in [-0.4, -0.2) is 36.3 Å². The van der Waals surface area contributed by atoms with E-state index in [-0.39, 0.29) is 42.0 Å².